The first-order valence-corrected chi connectivity index (χ1v) is 7.55. The predicted molar refractivity (Wildman–Crippen MR) is 77.4 cm³/mol. The Morgan fingerprint density at radius 2 is 2.35 bits per heavy atom. The molecule has 1 aromatic rings. The van der Waals surface area contributed by atoms with Crippen molar-refractivity contribution in [3.05, 3.63) is 11.9 Å². The van der Waals surface area contributed by atoms with Gasteiger partial charge in [-0.2, -0.15) is 5.10 Å². The third-order valence-electron chi connectivity index (χ3n) is 4.48. The highest BCUT2D eigenvalue weighted by Crippen LogP contribution is 2.27. The zero-order valence-electron chi connectivity index (χ0n) is 12.0. The van der Waals surface area contributed by atoms with Crippen LogP contribution in [0.15, 0.2) is 6.20 Å². The first-order valence-electron chi connectivity index (χ1n) is 7.55. The molecule has 3 rings (SSSR count). The molecule has 3 heterocycles. The maximum absolute atomic E-state index is 12.3. The fraction of sp³-hybridized carbons (Fsp3) is 0.714. The van der Waals surface area contributed by atoms with E-state index in [9.17, 15) is 4.79 Å². The minimum atomic E-state index is -0.133. The van der Waals surface area contributed by atoms with Crippen molar-refractivity contribution in [1.29, 1.82) is 0 Å². The molecule has 2 aliphatic rings. The largest absolute Gasteiger partial charge is 0.396 e. The van der Waals surface area contributed by atoms with Crippen LogP contribution in [0.5, 0.6) is 0 Å². The number of fused-ring (bicyclic) bond motifs is 1. The average molecular weight is 277 g/mol. The standard InChI is InChI=1S/C14H23N5O/c1-2-19-9-12(15)13(17-19)14(20)16-10-5-7-18-6-3-4-11(18)8-10/h9-11H,2-8,15H2,1H3,(H,16,20). The van der Waals surface area contributed by atoms with Gasteiger partial charge in [-0.05, 0) is 39.2 Å². The first kappa shape index (κ1) is 13.4. The predicted octanol–water partition coefficient (Wildman–Crippen LogP) is 0.842. The molecule has 0 bridgehead atoms. The third-order valence-corrected chi connectivity index (χ3v) is 4.48. The van der Waals surface area contributed by atoms with E-state index in [1.807, 2.05) is 6.92 Å². The van der Waals surface area contributed by atoms with Gasteiger partial charge >= 0.3 is 0 Å². The number of hydrogen-bond acceptors (Lipinski definition) is 4. The quantitative estimate of drug-likeness (QED) is 0.858. The van der Waals surface area contributed by atoms with Crippen LogP contribution >= 0.6 is 0 Å². The number of nitrogens with two attached hydrogens (primary N) is 1. The number of piperidine rings is 1. The second-order valence-corrected chi connectivity index (χ2v) is 5.82. The molecule has 0 saturated carbocycles. The topological polar surface area (TPSA) is 76.2 Å². The smallest absolute Gasteiger partial charge is 0.274 e. The summed E-state index contributed by atoms with van der Waals surface area (Å²) in [6.45, 7) is 5.01. The van der Waals surface area contributed by atoms with E-state index >= 15 is 0 Å². The molecule has 2 aliphatic heterocycles. The second-order valence-electron chi connectivity index (χ2n) is 5.82. The lowest BCUT2D eigenvalue weighted by atomic mass is 9.97. The van der Waals surface area contributed by atoms with Crippen molar-refractivity contribution in [2.45, 2.75) is 51.2 Å². The second kappa shape index (κ2) is 5.44. The Labute approximate surface area is 119 Å². The zero-order chi connectivity index (χ0) is 14.1. The molecule has 2 unspecified atom stereocenters. The van der Waals surface area contributed by atoms with Gasteiger partial charge in [-0.15, -0.1) is 0 Å². The van der Waals surface area contributed by atoms with Crippen molar-refractivity contribution in [2.24, 2.45) is 0 Å². The van der Waals surface area contributed by atoms with Crippen LogP contribution < -0.4 is 11.1 Å². The van der Waals surface area contributed by atoms with Gasteiger partial charge in [0.05, 0.1) is 5.69 Å². The summed E-state index contributed by atoms with van der Waals surface area (Å²) in [5.41, 5.74) is 6.68. The summed E-state index contributed by atoms with van der Waals surface area (Å²) < 4.78 is 1.70. The molecule has 1 amide bonds. The number of aromatic nitrogens is 2. The summed E-state index contributed by atoms with van der Waals surface area (Å²) in [4.78, 5) is 14.8. The number of rotatable bonds is 3. The van der Waals surface area contributed by atoms with Gasteiger partial charge in [0.25, 0.3) is 5.91 Å². The van der Waals surface area contributed by atoms with Crippen molar-refractivity contribution < 1.29 is 4.79 Å². The molecule has 2 atom stereocenters. The zero-order valence-corrected chi connectivity index (χ0v) is 12.0. The van der Waals surface area contributed by atoms with Crippen LogP contribution in [0.2, 0.25) is 0 Å². The number of carbonyl (C=O) groups excluding carboxylic acids is 1. The van der Waals surface area contributed by atoms with E-state index in [4.69, 9.17) is 5.73 Å². The van der Waals surface area contributed by atoms with E-state index in [2.05, 4.69) is 15.3 Å². The average Bonchev–Trinajstić information content (AvgIpc) is 3.04. The van der Waals surface area contributed by atoms with Crippen LogP contribution in [0.25, 0.3) is 0 Å². The van der Waals surface area contributed by atoms with Crippen LogP contribution in [0.4, 0.5) is 5.69 Å². The Bertz CT molecular complexity index is 498. The number of nitrogen functional groups attached to an aromatic ring is 1. The van der Waals surface area contributed by atoms with Gasteiger partial charge in [-0.25, -0.2) is 0 Å². The summed E-state index contributed by atoms with van der Waals surface area (Å²) in [5, 5.41) is 7.33. The summed E-state index contributed by atoms with van der Waals surface area (Å²) in [5.74, 6) is -0.133. The van der Waals surface area contributed by atoms with E-state index in [1.54, 1.807) is 10.9 Å². The van der Waals surface area contributed by atoms with Crippen molar-refractivity contribution in [3.8, 4) is 0 Å². The number of nitrogens with zero attached hydrogens (tertiary/aromatic N) is 3. The Balaban J connectivity index is 1.62. The Hall–Kier alpha value is -1.56. The maximum Gasteiger partial charge on any atom is 0.274 e. The molecule has 6 heteroatoms. The number of nitrogens with one attached hydrogen (secondary N) is 1. The molecular weight excluding hydrogens is 254 g/mol. The summed E-state index contributed by atoms with van der Waals surface area (Å²) in [6, 6.07) is 0.910. The number of amides is 1. The molecule has 20 heavy (non-hydrogen) atoms. The van der Waals surface area contributed by atoms with Gasteiger partial charge in [0.2, 0.25) is 0 Å². The molecule has 2 saturated heterocycles. The molecule has 3 N–H and O–H groups in total. The number of aryl methyl sites for hydroxylation is 1. The molecule has 0 aromatic carbocycles. The van der Waals surface area contributed by atoms with Gasteiger partial charge in [-0.1, -0.05) is 0 Å². The number of carbonyl (C=O) groups is 1. The molecule has 1 aromatic heterocycles. The Morgan fingerprint density at radius 1 is 1.50 bits per heavy atom. The molecule has 6 nitrogen and oxygen atoms in total. The van der Waals surface area contributed by atoms with Crippen LogP contribution in [0, 0.1) is 0 Å². The molecule has 0 aliphatic carbocycles. The van der Waals surface area contributed by atoms with Gasteiger partial charge in [0, 0.05) is 31.4 Å². The van der Waals surface area contributed by atoms with E-state index in [0.29, 0.717) is 17.4 Å². The van der Waals surface area contributed by atoms with Crippen molar-refractivity contribution in [3.63, 3.8) is 0 Å². The summed E-state index contributed by atoms with van der Waals surface area (Å²) in [7, 11) is 0. The van der Waals surface area contributed by atoms with Crippen LogP contribution in [-0.4, -0.2) is 45.8 Å². The first-order chi connectivity index (χ1) is 9.67. The lowest BCUT2D eigenvalue weighted by molar-refractivity contribution is 0.0891. The summed E-state index contributed by atoms with van der Waals surface area (Å²) >= 11 is 0. The SMILES string of the molecule is CCn1cc(N)c(C(=O)NC2CCN3CCCC3C2)n1. The molecule has 2 fully saturated rings. The van der Waals surface area contributed by atoms with E-state index in [0.717, 1.165) is 25.9 Å². The monoisotopic (exact) mass is 277 g/mol. The molecular formula is C14H23N5O. The number of anilines is 1. The normalized spacial score (nSPS) is 26.4. The highest BCUT2D eigenvalue weighted by molar-refractivity contribution is 5.97. The molecule has 0 radical (unpaired) electrons. The Kier molecular flexibility index (Phi) is 3.65. The summed E-state index contributed by atoms with van der Waals surface area (Å²) in [6.07, 6.45) is 6.35. The van der Waals surface area contributed by atoms with E-state index < -0.39 is 0 Å². The van der Waals surface area contributed by atoms with Crippen molar-refractivity contribution in [1.82, 2.24) is 20.0 Å². The third kappa shape index (κ3) is 2.52. The maximum atomic E-state index is 12.3. The Morgan fingerprint density at radius 3 is 3.10 bits per heavy atom. The fourth-order valence-electron chi connectivity index (χ4n) is 3.38. The van der Waals surface area contributed by atoms with E-state index in [-0.39, 0.29) is 11.9 Å². The minimum Gasteiger partial charge on any atom is -0.396 e. The van der Waals surface area contributed by atoms with Crippen LogP contribution in [0.1, 0.15) is 43.1 Å². The van der Waals surface area contributed by atoms with Gasteiger partial charge < -0.3 is 16.0 Å². The van der Waals surface area contributed by atoms with E-state index in [1.165, 1.54) is 19.4 Å². The van der Waals surface area contributed by atoms with Crippen molar-refractivity contribution in [2.75, 3.05) is 18.8 Å². The van der Waals surface area contributed by atoms with Crippen LogP contribution in [-0.2, 0) is 6.54 Å². The fourth-order valence-corrected chi connectivity index (χ4v) is 3.38. The molecule has 110 valence electrons. The lowest BCUT2D eigenvalue weighted by Gasteiger charge is -2.35. The minimum absolute atomic E-state index is 0.133. The highest BCUT2D eigenvalue weighted by Gasteiger charge is 2.32. The molecule has 0 spiro atoms. The van der Waals surface area contributed by atoms with Gasteiger partial charge in [0.1, 0.15) is 0 Å². The van der Waals surface area contributed by atoms with Gasteiger partial charge in [0.15, 0.2) is 5.69 Å². The van der Waals surface area contributed by atoms with Gasteiger partial charge in [-0.3, -0.25) is 9.48 Å². The highest BCUT2D eigenvalue weighted by atomic mass is 16.2. The number of hydrogen-bond donors (Lipinski definition) is 2. The van der Waals surface area contributed by atoms with Crippen LogP contribution in [0.3, 0.4) is 0 Å². The van der Waals surface area contributed by atoms with Crippen molar-refractivity contribution >= 4 is 11.6 Å². The lowest BCUT2D eigenvalue weighted by Crippen LogP contribution is -2.47.